The van der Waals surface area contributed by atoms with Crippen LogP contribution < -0.4 is 0 Å². The number of hydrogen-bond acceptors (Lipinski definition) is 6. The molecule has 8 heteroatoms. The van der Waals surface area contributed by atoms with E-state index in [1.807, 2.05) is 0 Å². The molecule has 1 heterocycles. The van der Waals surface area contributed by atoms with Gasteiger partial charge in [-0.05, 0) is 38.0 Å². The van der Waals surface area contributed by atoms with E-state index in [0.29, 0.717) is 11.1 Å². The summed E-state index contributed by atoms with van der Waals surface area (Å²) in [6.45, 7) is 4.70. The number of methoxy groups -OCH3 is 2. The SMILES string of the molecule is COCc1cc(C(=O)OC)ncc1CN(CCF)C(=O)OC(C)(C)C. The molecule has 1 amide bonds. The Hall–Kier alpha value is -2.22. The van der Waals surface area contributed by atoms with Gasteiger partial charge in [0.05, 0.1) is 26.8 Å². The molecule has 1 rings (SSSR count). The molecule has 0 bridgehead atoms. The third-order valence-corrected chi connectivity index (χ3v) is 3.14. The highest BCUT2D eigenvalue weighted by Gasteiger charge is 2.23. The molecule has 0 radical (unpaired) electrons. The lowest BCUT2D eigenvalue weighted by Crippen LogP contribution is -2.38. The van der Waals surface area contributed by atoms with E-state index >= 15 is 0 Å². The fourth-order valence-electron chi connectivity index (χ4n) is 2.04. The highest BCUT2D eigenvalue weighted by molar-refractivity contribution is 5.87. The van der Waals surface area contributed by atoms with Gasteiger partial charge in [-0.1, -0.05) is 0 Å². The maximum Gasteiger partial charge on any atom is 0.410 e. The number of rotatable bonds is 7. The molecule has 1 aromatic rings. The molecule has 0 aliphatic carbocycles. The van der Waals surface area contributed by atoms with Crippen molar-refractivity contribution in [3.8, 4) is 0 Å². The van der Waals surface area contributed by atoms with Crippen molar-refractivity contribution < 1.29 is 28.2 Å². The van der Waals surface area contributed by atoms with E-state index in [4.69, 9.17) is 9.47 Å². The summed E-state index contributed by atoms with van der Waals surface area (Å²) in [6.07, 6.45) is 0.835. The van der Waals surface area contributed by atoms with Crippen molar-refractivity contribution in [2.24, 2.45) is 0 Å². The van der Waals surface area contributed by atoms with Crippen LogP contribution >= 0.6 is 0 Å². The van der Waals surface area contributed by atoms with Gasteiger partial charge in [0.2, 0.25) is 0 Å². The van der Waals surface area contributed by atoms with E-state index in [-0.39, 0.29) is 25.4 Å². The van der Waals surface area contributed by atoms with Crippen molar-refractivity contribution in [2.45, 2.75) is 39.5 Å². The fourth-order valence-corrected chi connectivity index (χ4v) is 2.04. The number of nitrogens with zero attached hydrogens (tertiary/aromatic N) is 2. The number of carbonyl (C=O) groups excluding carboxylic acids is 2. The lowest BCUT2D eigenvalue weighted by Gasteiger charge is -2.27. The first-order valence-electron chi connectivity index (χ1n) is 7.80. The lowest BCUT2D eigenvalue weighted by atomic mass is 10.1. The molecule has 7 nitrogen and oxygen atoms in total. The summed E-state index contributed by atoms with van der Waals surface area (Å²) in [5, 5.41) is 0. The second-order valence-electron chi connectivity index (χ2n) is 6.35. The average molecular weight is 356 g/mol. The number of aromatic nitrogens is 1. The van der Waals surface area contributed by atoms with E-state index in [0.717, 1.165) is 0 Å². The Morgan fingerprint density at radius 1 is 1.24 bits per heavy atom. The van der Waals surface area contributed by atoms with Crippen molar-refractivity contribution in [3.05, 3.63) is 29.1 Å². The fraction of sp³-hybridized carbons (Fsp3) is 0.588. The van der Waals surface area contributed by atoms with E-state index in [2.05, 4.69) is 9.72 Å². The Morgan fingerprint density at radius 2 is 1.92 bits per heavy atom. The molecular formula is C17H25FN2O5. The average Bonchev–Trinajstić information content (AvgIpc) is 2.53. The van der Waals surface area contributed by atoms with Crippen LogP contribution in [-0.2, 0) is 27.4 Å². The number of amides is 1. The molecule has 0 saturated heterocycles. The summed E-state index contributed by atoms with van der Waals surface area (Å²) in [5.41, 5.74) is 0.736. The Bertz CT molecular complexity index is 601. The Kier molecular flexibility index (Phi) is 7.76. The standard InChI is InChI=1S/C17H25FN2O5/c1-17(2,3)25-16(22)20(7-6-18)10-13-9-19-14(15(21)24-5)8-12(13)11-23-4/h8-9H,6-7,10-11H2,1-5H3. The number of carbonyl (C=O) groups is 2. The number of halogens is 1. The van der Waals surface area contributed by atoms with Gasteiger partial charge < -0.3 is 19.1 Å². The largest absolute Gasteiger partial charge is 0.464 e. The lowest BCUT2D eigenvalue weighted by molar-refractivity contribution is 0.0220. The van der Waals surface area contributed by atoms with Crippen LogP contribution in [0.25, 0.3) is 0 Å². The van der Waals surface area contributed by atoms with E-state index < -0.39 is 24.3 Å². The third kappa shape index (κ3) is 6.66. The van der Waals surface area contributed by atoms with Crippen molar-refractivity contribution in [1.29, 1.82) is 0 Å². The zero-order chi connectivity index (χ0) is 19.0. The third-order valence-electron chi connectivity index (χ3n) is 3.14. The molecule has 0 unspecified atom stereocenters. The van der Waals surface area contributed by atoms with E-state index in [1.54, 1.807) is 20.8 Å². The molecular weight excluding hydrogens is 331 g/mol. The minimum Gasteiger partial charge on any atom is -0.464 e. The van der Waals surface area contributed by atoms with Crippen molar-refractivity contribution in [1.82, 2.24) is 9.88 Å². The Labute approximate surface area is 147 Å². The number of hydrogen-bond donors (Lipinski definition) is 0. The Balaban J connectivity index is 3.06. The number of ether oxygens (including phenoxy) is 3. The molecule has 0 atom stereocenters. The second kappa shape index (κ2) is 9.31. The smallest absolute Gasteiger partial charge is 0.410 e. The van der Waals surface area contributed by atoms with Gasteiger partial charge in [0.15, 0.2) is 0 Å². The monoisotopic (exact) mass is 356 g/mol. The van der Waals surface area contributed by atoms with Gasteiger partial charge in [0.1, 0.15) is 18.0 Å². The van der Waals surface area contributed by atoms with Gasteiger partial charge in [-0.2, -0.15) is 0 Å². The maximum atomic E-state index is 12.9. The first-order valence-corrected chi connectivity index (χ1v) is 7.80. The van der Waals surface area contributed by atoms with Crippen LogP contribution in [0.1, 0.15) is 42.4 Å². The minimum atomic E-state index is -0.702. The van der Waals surface area contributed by atoms with Crippen LogP contribution in [0.4, 0.5) is 9.18 Å². The predicted octanol–water partition coefficient (Wildman–Crippen LogP) is 2.72. The van der Waals surface area contributed by atoms with Crippen LogP contribution in [0.2, 0.25) is 0 Å². The summed E-state index contributed by atoms with van der Waals surface area (Å²) in [6, 6.07) is 1.54. The summed E-state index contributed by atoms with van der Waals surface area (Å²) in [4.78, 5) is 29.2. The normalized spacial score (nSPS) is 11.1. The number of alkyl halides is 1. The van der Waals surface area contributed by atoms with Gasteiger partial charge in [0, 0.05) is 13.3 Å². The molecule has 0 N–H and O–H groups in total. The zero-order valence-electron chi connectivity index (χ0n) is 15.3. The quantitative estimate of drug-likeness (QED) is 0.699. The van der Waals surface area contributed by atoms with Gasteiger partial charge in [-0.3, -0.25) is 0 Å². The van der Waals surface area contributed by atoms with Crippen LogP contribution in [-0.4, -0.2) is 55.0 Å². The van der Waals surface area contributed by atoms with Crippen LogP contribution in [0, 0.1) is 0 Å². The molecule has 0 aromatic carbocycles. The topological polar surface area (TPSA) is 78.0 Å². The van der Waals surface area contributed by atoms with Gasteiger partial charge in [-0.25, -0.2) is 19.0 Å². The Morgan fingerprint density at radius 3 is 2.44 bits per heavy atom. The summed E-state index contributed by atoms with van der Waals surface area (Å²) < 4.78 is 27.9. The van der Waals surface area contributed by atoms with Crippen molar-refractivity contribution in [3.63, 3.8) is 0 Å². The predicted molar refractivity (Wildman–Crippen MR) is 88.9 cm³/mol. The molecule has 25 heavy (non-hydrogen) atoms. The highest BCUT2D eigenvalue weighted by atomic mass is 19.1. The maximum absolute atomic E-state index is 12.9. The van der Waals surface area contributed by atoms with E-state index in [9.17, 15) is 14.0 Å². The zero-order valence-corrected chi connectivity index (χ0v) is 15.3. The molecule has 0 aliphatic heterocycles. The first kappa shape index (κ1) is 20.8. The molecule has 0 saturated carbocycles. The molecule has 0 aliphatic rings. The van der Waals surface area contributed by atoms with Crippen molar-refractivity contribution >= 4 is 12.1 Å². The van der Waals surface area contributed by atoms with E-state index in [1.165, 1.54) is 31.4 Å². The highest BCUT2D eigenvalue weighted by Crippen LogP contribution is 2.17. The van der Waals surface area contributed by atoms with Gasteiger partial charge in [0.25, 0.3) is 0 Å². The van der Waals surface area contributed by atoms with Crippen LogP contribution in [0.3, 0.4) is 0 Å². The molecule has 140 valence electrons. The van der Waals surface area contributed by atoms with Gasteiger partial charge in [-0.15, -0.1) is 0 Å². The second-order valence-corrected chi connectivity index (χ2v) is 6.35. The van der Waals surface area contributed by atoms with Crippen LogP contribution in [0.5, 0.6) is 0 Å². The summed E-state index contributed by atoms with van der Waals surface area (Å²) in [7, 11) is 2.77. The summed E-state index contributed by atoms with van der Waals surface area (Å²) in [5.74, 6) is -0.573. The molecule has 1 aromatic heterocycles. The van der Waals surface area contributed by atoms with Crippen molar-refractivity contribution in [2.75, 3.05) is 27.4 Å². The summed E-state index contributed by atoms with van der Waals surface area (Å²) >= 11 is 0. The molecule has 0 fully saturated rings. The number of esters is 1. The molecule has 0 spiro atoms. The number of pyridine rings is 1. The first-order chi connectivity index (χ1) is 11.7. The van der Waals surface area contributed by atoms with Gasteiger partial charge >= 0.3 is 12.1 Å². The minimum absolute atomic E-state index is 0.0893. The van der Waals surface area contributed by atoms with Crippen LogP contribution in [0.15, 0.2) is 12.3 Å².